The van der Waals surface area contributed by atoms with Gasteiger partial charge in [0.1, 0.15) is 11.4 Å². The molecule has 1 heterocycles. The van der Waals surface area contributed by atoms with Crippen LogP contribution in [0.4, 0.5) is 13.2 Å². The summed E-state index contributed by atoms with van der Waals surface area (Å²) in [6.45, 7) is 3.39. The van der Waals surface area contributed by atoms with Gasteiger partial charge in [0.2, 0.25) is 5.78 Å². The zero-order chi connectivity index (χ0) is 24.2. The summed E-state index contributed by atoms with van der Waals surface area (Å²) in [7, 11) is 0. The van der Waals surface area contributed by atoms with Crippen LogP contribution in [0.3, 0.4) is 0 Å². The number of aliphatic carboxylic acids is 1. The molecule has 0 saturated carbocycles. The van der Waals surface area contributed by atoms with Crippen LogP contribution in [0.25, 0.3) is 6.08 Å². The van der Waals surface area contributed by atoms with Crippen molar-refractivity contribution in [1.82, 2.24) is 9.78 Å². The fraction of sp³-hybridized carbons (Fsp3) is 0.208. The normalized spacial score (nSPS) is 12.6. The minimum absolute atomic E-state index is 0.130. The van der Waals surface area contributed by atoms with E-state index in [-0.39, 0.29) is 17.8 Å². The number of ketones is 1. The molecule has 6 nitrogen and oxygen atoms in total. The van der Waals surface area contributed by atoms with Gasteiger partial charge in [-0.05, 0) is 49.7 Å². The summed E-state index contributed by atoms with van der Waals surface area (Å²) in [5, 5.41) is 13.3. The van der Waals surface area contributed by atoms with Crippen LogP contribution in [-0.4, -0.2) is 32.7 Å². The van der Waals surface area contributed by atoms with Gasteiger partial charge in [0.25, 0.3) is 0 Å². The molecule has 0 spiro atoms. The summed E-state index contributed by atoms with van der Waals surface area (Å²) in [4.78, 5) is 23.8. The van der Waals surface area contributed by atoms with Gasteiger partial charge in [-0.3, -0.25) is 9.48 Å². The molecule has 0 unspecified atom stereocenters. The summed E-state index contributed by atoms with van der Waals surface area (Å²) in [6, 6.07) is 12.5. The fourth-order valence-corrected chi connectivity index (χ4v) is 3.06. The third-order valence-electron chi connectivity index (χ3n) is 4.72. The summed E-state index contributed by atoms with van der Waals surface area (Å²) >= 11 is 0. The van der Waals surface area contributed by atoms with Crippen molar-refractivity contribution >= 4 is 17.8 Å². The Balaban J connectivity index is 1.74. The molecule has 0 aliphatic heterocycles. The van der Waals surface area contributed by atoms with Crippen LogP contribution in [0.1, 0.15) is 39.8 Å². The highest BCUT2D eigenvalue weighted by Crippen LogP contribution is 2.29. The fourth-order valence-electron chi connectivity index (χ4n) is 3.06. The van der Waals surface area contributed by atoms with E-state index in [0.29, 0.717) is 11.4 Å². The van der Waals surface area contributed by atoms with Crippen LogP contribution in [0.15, 0.2) is 60.7 Å². The van der Waals surface area contributed by atoms with Gasteiger partial charge in [-0.15, -0.1) is 0 Å². The van der Waals surface area contributed by atoms with Crippen molar-refractivity contribution in [3.8, 4) is 5.75 Å². The third kappa shape index (κ3) is 6.09. The van der Waals surface area contributed by atoms with Gasteiger partial charge in [-0.25, -0.2) is 4.79 Å². The van der Waals surface area contributed by atoms with E-state index in [9.17, 15) is 22.8 Å². The van der Waals surface area contributed by atoms with E-state index in [2.05, 4.69) is 5.10 Å². The Morgan fingerprint density at radius 3 is 2.48 bits per heavy atom. The maximum atomic E-state index is 12.8. The number of ether oxygens (including phenoxy) is 1. The highest BCUT2D eigenvalue weighted by Gasteiger charge is 2.30. The minimum atomic E-state index is -4.47. The van der Waals surface area contributed by atoms with Crippen LogP contribution >= 0.6 is 0 Å². The minimum Gasteiger partial charge on any atom is -0.479 e. The molecule has 1 N–H and O–H groups in total. The average molecular weight is 458 g/mol. The number of benzene rings is 2. The number of hydrogen-bond donors (Lipinski definition) is 1. The highest BCUT2D eigenvalue weighted by atomic mass is 19.4. The van der Waals surface area contributed by atoms with E-state index in [1.54, 1.807) is 49.4 Å². The van der Waals surface area contributed by atoms with E-state index in [4.69, 9.17) is 9.84 Å². The maximum absolute atomic E-state index is 12.8. The predicted molar refractivity (Wildman–Crippen MR) is 115 cm³/mol. The Bertz CT molecular complexity index is 1180. The third-order valence-corrected chi connectivity index (χ3v) is 4.72. The second-order valence-electron chi connectivity index (χ2n) is 7.33. The first-order valence-electron chi connectivity index (χ1n) is 9.97. The van der Waals surface area contributed by atoms with Crippen molar-refractivity contribution in [3.05, 3.63) is 88.8 Å². The Labute approximate surface area is 187 Å². The van der Waals surface area contributed by atoms with Crippen LogP contribution in [0.2, 0.25) is 0 Å². The molecule has 172 valence electrons. The first kappa shape index (κ1) is 23.8. The predicted octanol–water partition coefficient (Wildman–Crippen LogP) is 5.01. The summed E-state index contributed by atoms with van der Waals surface area (Å²) in [6.07, 6.45) is -1.94. The number of halogens is 3. The molecule has 1 aromatic heterocycles. The Morgan fingerprint density at radius 1 is 1.15 bits per heavy atom. The second kappa shape index (κ2) is 9.72. The van der Waals surface area contributed by atoms with Crippen LogP contribution in [-0.2, 0) is 17.5 Å². The Morgan fingerprint density at radius 2 is 1.85 bits per heavy atom. The van der Waals surface area contributed by atoms with Crippen molar-refractivity contribution in [3.63, 3.8) is 0 Å². The van der Waals surface area contributed by atoms with Gasteiger partial charge in [-0.1, -0.05) is 36.4 Å². The molecule has 0 fully saturated rings. The zero-order valence-corrected chi connectivity index (χ0v) is 17.8. The molecule has 0 amide bonds. The highest BCUT2D eigenvalue weighted by molar-refractivity contribution is 6.08. The molecule has 1 atom stereocenters. The average Bonchev–Trinajstić information content (AvgIpc) is 3.13. The van der Waals surface area contributed by atoms with Gasteiger partial charge in [0.05, 0.1) is 17.8 Å². The van der Waals surface area contributed by atoms with Crippen molar-refractivity contribution in [2.24, 2.45) is 0 Å². The van der Waals surface area contributed by atoms with Crippen LogP contribution < -0.4 is 4.74 Å². The van der Waals surface area contributed by atoms with Gasteiger partial charge >= 0.3 is 12.1 Å². The molecule has 33 heavy (non-hydrogen) atoms. The van der Waals surface area contributed by atoms with E-state index < -0.39 is 29.6 Å². The quantitative estimate of drug-likeness (QED) is 0.480. The van der Waals surface area contributed by atoms with Gasteiger partial charge < -0.3 is 9.84 Å². The summed E-state index contributed by atoms with van der Waals surface area (Å²) < 4.78 is 45.1. The largest absolute Gasteiger partial charge is 0.479 e. The smallest absolute Gasteiger partial charge is 0.416 e. The SMILES string of the molecule is Cc1cc(C(=O)c2ccc(C(F)(F)F)cc2)n(C/C=C/c2cccc(O[C@@H](C)C(=O)O)c2)n1. The number of alkyl halides is 3. The number of carbonyl (C=O) groups is 2. The molecular formula is C24H21F3N2O4. The number of nitrogens with zero attached hydrogens (tertiary/aromatic N) is 2. The zero-order valence-electron chi connectivity index (χ0n) is 17.8. The molecule has 2 aromatic carbocycles. The van der Waals surface area contributed by atoms with E-state index in [1.165, 1.54) is 11.6 Å². The second-order valence-corrected chi connectivity index (χ2v) is 7.33. The van der Waals surface area contributed by atoms with Crippen molar-refractivity contribution in [1.29, 1.82) is 0 Å². The lowest BCUT2D eigenvalue weighted by Gasteiger charge is -2.10. The Kier molecular flexibility index (Phi) is 7.01. The number of carboxylic acids is 1. The molecule has 0 bridgehead atoms. The first-order chi connectivity index (χ1) is 15.5. The van der Waals surface area contributed by atoms with Crippen LogP contribution in [0, 0.1) is 6.92 Å². The molecule has 0 radical (unpaired) electrons. The molecule has 0 aliphatic rings. The molecule has 0 saturated heterocycles. The number of aromatic nitrogens is 2. The monoisotopic (exact) mass is 458 g/mol. The molecule has 9 heteroatoms. The Hall–Kier alpha value is -3.88. The number of allylic oxidation sites excluding steroid dienone is 1. The topological polar surface area (TPSA) is 81.4 Å². The van der Waals surface area contributed by atoms with Gasteiger partial charge in [-0.2, -0.15) is 18.3 Å². The molecule has 0 aliphatic carbocycles. The van der Waals surface area contributed by atoms with Crippen molar-refractivity contribution in [2.45, 2.75) is 32.7 Å². The molecule has 3 aromatic rings. The number of carbonyl (C=O) groups excluding carboxylic acids is 1. The number of carboxylic acid groups (broad SMARTS) is 1. The van der Waals surface area contributed by atoms with Crippen molar-refractivity contribution in [2.75, 3.05) is 0 Å². The van der Waals surface area contributed by atoms with E-state index in [0.717, 1.165) is 29.8 Å². The first-order valence-corrected chi connectivity index (χ1v) is 9.97. The standard InChI is InChI=1S/C24H21F3N2O4/c1-15-13-21(22(30)18-8-10-19(11-9-18)24(25,26)27)29(28-15)12-4-6-17-5-3-7-20(14-17)33-16(2)23(31)32/h3-11,13-14,16H,12H2,1-2H3,(H,31,32)/b6-4+/t16-/m0/s1. The summed E-state index contributed by atoms with van der Waals surface area (Å²) in [5.41, 5.74) is 0.909. The molecular weight excluding hydrogens is 437 g/mol. The number of hydrogen-bond acceptors (Lipinski definition) is 4. The number of rotatable bonds is 8. The lowest BCUT2D eigenvalue weighted by Crippen LogP contribution is -2.22. The maximum Gasteiger partial charge on any atom is 0.416 e. The van der Waals surface area contributed by atoms with Crippen molar-refractivity contribution < 1.29 is 32.6 Å². The van der Waals surface area contributed by atoms with Gasteiger partial charge in [0, 0.05) is 5.56 Å². The van der Waals surface area contributed by atoms with Crippen LogP contribution in [0.5, 0.6) is 5.75 Å². The van der Waals surface area contributed by atoms with Gasteiger partial charge in [0.15, 0.2) is 6.10 Å². The summed E-state index contributed by atoms with van der Waals surface area (Å²) in [5.74, 6) is -1.11. The molecule has 3 rings (SSSR count). The lowest BCUT2D eigenvalue weighted by atomic mass is 10.1. The van der Waals surface area contributed by atoms with E-state index >= 15 is 0 Å². The number of aryl methyl sites for hydroxylation is 1. The lowest BCUT2D eigenvalue weighted by molar-refractivity contribution is -0.144. The van der Waals surface area contributed by atoms with E-state index in [1.807, 2.05) is 0 Å².